The molecule has 0 spiro atoms. The van der Waals surface area contributed by atoms with Gasteiger partial charge in [0.1, 0.15) is 0 Å². The lowest BCUT2D eigenvalue weighted by Gasteiger charge is -2.38. The summed E-state index contributed by atoms with van der Waals surface area (Å²) in [6.07, 6.45) is 0.502. The predicted molar refractivity (Wildman–Crippen MR) is 144 cm³/mol. The van der Waals surface area contributed by atoms with Gasteiger partial charge in [0.05, 0.1) is 43.2 Å². The first-order valence-corrected chi connectivity index (χ1v) is 12.6. The molecule has 1 unspecified atom stereocenters. The van der Waals surface area contributed by atoms with Gasteiger partial charge in [-0.25, -0.2) is 4.79 Å². The smallest absolute Gasteiger partial charge is 0.337 e. The summed E-state index contributed by atoms with van der Waals surface area (Å²) in [5.41, 5.74) is 4.07. The van der Waals surface area contributed by atoms with Crippen LogP contribution in [0.1, 0.15) is 48.7 Å². The van der Waals surface area contributed by atoms with E-state index in [0.29, 0.717) is 24.0 Å². The third-order valence-electron chi connectivity index (χ3n) is 6.96. The average Bonchev–Trinajstić information content (AvgIpc) is 3.02. The van der Waals surface area contributed by atoms with Crippen molar-refractivity contribution in [2.75, 3.05) is 44.6 Å². The average molecular weight is 522 g/mol. The van der Waals surface area contributed by atoms with Gasteiger partial charge < -0.3 is 29.7 Å². The molecule has 9 heteroatoms. The lowest BCUT2D eigenvalue weighted by molar-refractivity contribution is -0.126. The summed E-state index contributed by atoms with van der Waals surface area (Å²) in [6.45, 7) is 4.33. The van der Waals surface area contributed by atoms with Crippen LogP contribution in [0.4, 0.5) is 11.4 Å². The highest BCUT2D eigenvalue weighted by atomic mass is 16.7. The molecule has 2 N–H and O–H groups in total. The molecule has 1 atom stereocenters. The van der Waals surface area contributed by atoms with Gasteiger partial charge in [-0.1, -0.05) is 38.1 Å². The van der Waals surface area contributed by atoms with E-state index in [0.717, 1.165) is 22.6 Å². The molecule has 9 nitrogen and oxygen atoms in total. The molecule has 202 valence electrons. The van der Waals surface area contributed by atoms with E-state index < -0.39 is 18.3 Å². The number of anilines is 2. The van der Waals surface area contributed by atoms with Gasteiger partial charge in [0.25, 0.3) is 0 Å². The summed E-state index contributed by atoms with van der Waals surface area (Å²) in [5.74, 6) is -0.660. The fraction of sp³-hybridized carbons (Fsp3) is 0.414. The Kier molecular flexibility index (Phi) is 8.18. The number of ketones is 1. The number of amides is 1. The zero-order valence-electron chi connectivity index (χ0n) is 22.5. The van der Waals surface area contributed by atoms with Crippen LogP contribution in [0, 0.1) is 5.41 Å². The summed E-state index contributed by atoms with van der Waals surface area (Å²) in [5, 5.41) is 6.40. The van der Waals surface area contributed by atoms with E-state index in [1.165, 1.54) is 21.3 Å². The first kappa shape index (κ1) is 27.3. The van der Waals surface area contributed by atoms with Crippen LogP contribution in [-0.4, -0.2) is 58.4 Å². The van der Waals surface area contributed by atoms with E-state index >= 15 is 0 Å². The molecule has 4 rings (SSSR count). The quantitative estimate of drug-likeness (QED) is 0.399. The molecule has 1 heterocycles. The number of nitrogens with zero attached hydrogens (tertiary/aromatic N) is 1. The maximum absolute atomic E-state index is 13.7. The molecule has 0 saturated heterocycles. The number of para-hydroxylation sites is 2. The van der Waals surface area contributed by atoms with Crippen LogP contribution in [-0.2, 0) is 23.8 Å². The normalized spacial score (nSPS) is 18.3. The molecular formula is C29H35N3O6. The molecule has 0 bridgehead atoms. The topological polar surface area (TPSA) is 106 Å². The minimum atomic E-state index is -0.574. The number of nitrogens with one attached hydrogen (secondary N) is 2. The highest BCUT2D eigenvalue weighted by molar-refractivity contribution is 6.02. The monoisotopic (exact) mass is 521 g/mol. The second-order valence-corrected chi connectivity index (χ2v) is 10.3. The zero-order valence-corrected chi connectivity index (χ0v) is 22.5. The van der Waals surface area contributed by atoms with Crippen molar-refractivity contribution in [3.63, 3.8) is 0 Å². The Hall–Kier alpha value is -3.69. The number of esters is 1. The van der Waals surface area contributed by atoms with Crippen molar-refractivity contribution in [2.24, 2.45) is 5.41 Å². The van der Waals surface area contributed by atoms with E-state index in [1.807, 2.05) is 41.3 Å². The number of rotatable bonds is 8. The largest absolute Gasteiger partial charge is 0.465 e. The number of Topliss-reactive ketones (excluding diaryl/α,β-unsaturated/α-hetero) is 1. The van der Waals surface area contributed by atoms with Gasteiger partial charge in [-0.3, -0.25) is 9.59 Å². The van der Waals surface area contributed by atoms with Gasteiger partial charge in [0.15, 0.2) is 12.1 Å². The Morgan fingerprint density at radius 1 is 1.05 bits per heavy atom. The van der Waals surface area contributed by atoms with Crippen LogP contribution in [0.2, 0.25) is 0 Å². The Labute approximate surface area is 223 Å². The Morgan fingerprint density at radius 2 is 1.74 bits per heavy atom. The van der Waals surface area contributed by atoms with Crippen molar-refractivity contribution in [3.05, 3.63) is 70.9 Å². The molecule has 1 amide bonds. The molecule has 1 aliphatic carbocycles. The number of hydrogen-bond acceptors (Lipinski definition) is 8. The number of methoxy groups -OCH3 is 3. The Balaban J connectivity index is 1.82. The van der Waals surface area contributed by atoms with E-state index in [-0.39, 0.29) is 30.2 Å². The van der Waals surface area contributed by atoms with E-state index in [1.54, 1.807) is 12.1 Å². The van der Waals surface area contributed by atoms with Crippen molar-refractivity contribution < 1.29 is 28.6 Å². The number of hydrogen-bond donors (Lipinski definition) is 2. The third-order valence-corrected chi connectivity index (χ3v) is 6.96. The SMILES string of the molecule is COC(=O)c1ccc(C2C3=C(CC(C)(C)CC3=O)Nc3ccccc3N2CC(=O)NCC(OC)OC)cc1. The van der Waals surface area contributed by atoms with Gasteiger partial charge >= 0.3 is 5.97 Å². The van der Waals surface area contributed by atoms with Crippen molar-refractivity contribution >= 4 is 29.0 Å². The summed E-state index contributed by atoms with van der Waals surface area (Å²) in [4.78, 5) is 41.0. The molecule has 2 aromatic rings. The predicted octanol–water partition coefficient (Wildman–Crippen LogP) is 3.82. The van der Waals surface area contributed by atoms with Gasteiger partial charge in [-0.05, 0) is 41.7 Å². The lowest BCUT2D eigenvalue weighted by atomic mass is 9.73. The Morgan fingerprint density at radius 3 is 2.39 bits per heavy atom. The van der Waals surface area contributed by atoms with Crippen molar-refractivity contribution in [1.29, 1.82) is 0 Å². The molecule has 1 aliphatic heterocycles. The maximum Gasteiger partial charge on any atom is 0.337 e. The fourth-order valence-corrected chi connectivity index (χ4v) is 5.16. The highest BCUT2D eigenvalue weighted by Gasteiger charge is 2.42. The van der Waals surface area contributed by atoms with Gasteiger partial charge in [0.2, 0.25) is 5.91 Å². The highest BCUT2D eigenvalue weighted by Crippen LogP contribution is 2.48. The van der Waals surface area contributed by atoms with Crippen LogP contribution < -0.4 is 15.5 Å². The summed E-state index contributed by atoms with van der Waals surface area (Å²) in [7, 11) is 4.35. The van der Waals surface area contributed by atoms with E-state index in [2.05, 4.69) is 24.5 Å². The molecule has 0 radical (unpaired) electrons. The van der Waals surface area contributed by atoms with Crippen LogP contribution in [0.15, 0.2) is 59.8 Å². The summed E-state index contributed by atoms with van der Waals surface area (Å²) >= 11 is 0. The summed E-state index contributed by atoms with van der Waals surface area (Å²) in [6, 6.07) is 14.2. The van der Waals surface area contributed by atoms with Crippen LogP contribution in [0.25, 0.3) is 0 Å². The first-order valence-electron chi connectivity index (χ1n) is 12.6. The molecule has 2 aromatic carbocycles. The number of fused-ring (bicyclic) bond motifs is 1. The second kappa shape index (κ2) is 11.4. The van der Waals surface area contributed by atoms with Crippen LogP contribution >= 0.6 is 0 Å². The summed E-state index contributed by atoms with van der Waals surface area (Å²) < 4.78 is 15.3. The number of benzene rings is 2. The van der Waals surface area contributed by atoms with Gasteiger partial charge in [0, 0.05) is 31.9 Å². The number of carbonyl (C=O) groups is 3. The number of ether oxygens (including phenoxy) is 3. The second-order valence-electron chi connectivity index (χ2n) is 10.3. The molecule has 2 aliphatic rings. The minimum Gasteiger partial charge on any atom is -0.465 e. The molecular weight excluding hydrogens is 486 g/mol. The number of carbonyl (C=O) groups excluding carboxylic acids is 3. The van der Waals surface area contributed by atoms with Crippen LogP contribution in [0.5, 0.6) is 0 Å². The maximum atomic E-state index is 13.7. The van der Waals surface area contributed by atoms with Crippen molar-refractivity contribution in [2.45, 2.75) is 39.0 Å². The molecule has 0 saturated carbocycles. The van der Waals surface area contributed by atoms with E-state index in [4.69, 9.17) is 14.2 Å². The van der Waals surface area contributed by atoms with E-state index in [9.17, 15) is 14.4 Å². The molecule has 0 aromatic heterocycles. The van der Waals surface area contributed by atoms with Gasteiger partial charge in [-0.2, -0.15) is 0 Å². The van der Waals surface area contributed by atoms with Crippen molar-refractivity contribution in [1.82, 2.24) is 5.32 Å². The first-order chi connectivity index (χ1) is 18.2. The Bertz CT molecular complexity index is 1230. The number of allylic oxidation sites excluding steroid dienone is 1. The third kappa shape index (κ3) is 5.74. The minimum absolute atomic E-state index is 0.0181. The molecule has 38 heavy (non-hydrogen) atoms. The van der Waals surface area contributed by atoms with Crippen LogP contribution in [0.3, 0.4) is 0 Å². The fourth-order valence-electron chi connectivity index (χ4n) is 5.16. The molecule has 0 fully saturated rings. The van der Waals surface area contributed by atoms with Gasteiger partial charge in [-0.15, -0.1) is 0 Å². The lowest BCUT2D eigenvalue weighted by Crippen LogP contribution is -2.44. The zero-order chi connectivity index (χ0) is 27.4. The standard InChI is InChI=1S/C29H35N3O6/c1-29(2)14-21-26(23(33)15-29)27(18-10-12-19(13-11-18)28(35)38-5)32(22-9-7-6-8-20(22)31-21)17-24(34)30-16-25(36-3)37-4/h6-13,25,27,31H,14-17H2,1-5H3,(H,30,34). The van der Waals surface area contributed by atoms with Crippen molar-refractivity contribution in [3.8, 4) is 0 Å².